The van der Waals surface area contributed by atoms with Gasteiger partial charge in [-0.05, 0) is 24.3 Å². The molecule has 2 aromatic rings. The van der Waals surface area contributed by atoms with Crippen LogP contribution in [0.25, 0.3) is 0 Å². The van der Waals surface area contributed by atoms with Gasteiger partial charge in [0, 0.05) is 5.56 Å². The number of nitrogen functional groups attached to an aromatic ring is 1. The number of halogens is 3. The molecule has 8 nitrogen and oxygen atoms in total. The van der Waals surface area contributed by atoms with Gasteiger partial charge in [-0.15, -0.1) is 0 Å². The summed E-state index contributed by atoms with van der Waals surface area (Å²) in [7, 11) is 1.20. The maximum absolute atomic E-state index is 12.5. The first kappa shape index (κ1) is 20.3. The Labute approximate surface area is 154 Å². The summed E-state index contributed by atoms with van der Waals surface area (Å²) in [6, 6.07) is 3.42. The van der Waals surface area contributed by atoms with E-state index in [1.54, 1.807) is 0 Å². The van der Waals surface area contributed by atoms with Crippen LogP contribution >= 0.6 is 11.8 Å². The Balaban J connectivity index is 2.16. The number of anilines is 2. The van der Waals surface area contributed by atoms with Crippen molar-refractivity contribution < 1.29 is 27.5 Å². The molecule has 0 aliphatic heterocycles. The minimum Gasteiger partial charge on any atom is -0.468 e. The topological polar surface area (TPSA) is 127 Å². The van der Waals surface area contributed by atoms with Crippen molar-refractivity contribution >= 4 is 35.1 Å². The monoisotopic (exact) mass is 402 g/mol. The predicted molar refractivity (Wildman–Crippen MR) is 91.4 cm³/mol. The van der Waals surface area contributed by atoms with Crippen LogP contribution in [0.15, 0.2) is 34.2 Å². The summed E-state index contributed by atoms with van der Waals surface area (Å²) in [6.45, 7) is 0. The number of ether oxygens (including phenoxy) is 1. The number of methoxy groups -OCH3 is 1. The number of hydrogen-bond donors (Lipinski definition) is 3. The van der Waals surface area contributed by atoms with Crippen LogP contribution in [0.2, 0.25) is 0 Å². The largest absolute Gasteiger partial charge is 0.468 e. The molecular formula is C15H13F3N4O4S. The molecule has 2 rings (SSSR count). The van der Waals surface area contributed by atoms with Crippen LogP contribution in [0.1, 0.15) is 15.9 Å². The van der Waals surface area contributed by atoms with Crippen molar-refractivity contribution in [3.8, 4) is 0 Å². The van der Waals surface area contributed by atoms with Crippen LogP contribution in [0.4, 0.5) is 24.7 Å². The third-order valence-corrected chi connectivity index (χ3v) is 4.04. The predicted octanol–water partition coefficient (Wildman–Crippen LogP) is 1.89. The van der Waals surface area contributed by atoms with E-state index in [0.717, 1.165) is 36.0 Å². The average Bonchev–Trinajstić information content (AvgIpc) is 2.61. The van der Waals surface area contributed by atoms with Gasteiger partial charge in [-0.25, -0.2) is 4.98 Å². The first-order valence-corrected chi connectivity index (χ1v) is 8.18. The van der Waals surface area contributed by atoms with Crippen molar-refractivity contribution in [1.29, 1.82) is 0 Å². The van der Waals surface area contributed by atoms with E-state index in [1.807, 2.05) is 0 Å². The number of aromatic nitrogens is 2. The summed E-state index contributed by atoms with van der Waals surface area (Å²) >= 11 is 0.869. The van der Waals surface area contributed by atoms with Crippen molar-refractivity contribution in [2.24, 2.45) is 0 Å². The highest BCUT2D eigenvalue weighted by Gasteiger charge is 2.30. The number of aromatic amines is 1. The van der Waals surface area contributed by atoms with Gasteiger partial charge >= 0.3 is 12.1 Å². The van der Waals surface area contributed by atoms with Gasteiger partial charge in [0.05, 0.1) is 18.4 Å². The summed E-state index contributed by atoms with van der Waals surface area (Å²) in [6.07, 6.45) is -4.53. The van der Waals surface area contributed by atoms with Gasteiger partial charge in [0.1, 0.15) is 5.69 Å². The molecule has 1 aromatic carbocycles. The van der Waals surface area contributed by atoms with Gasteiger partial charge in [-0.1, -0.05) is 11.8 Å². The van der Waals surface area contributed by atoms with Gasteiger partial charge in [-0.2, -0.15) is 13.2 Å². The lowest BCUT2D eigenvalue weighted by Crippen LogP contribution is -2.23. The average molecular weight is 402 g/mol. The molecule has 0 aliphatic rings. The number of nitrogens with two attached hydrogens (primary N) is 1. The quantitative estimate of drug-likeness (QED) is 0.396. The fourth-order valence-corrected chi connectivity index (χ4v) is 2.54. The summed E-state index contributed by atoms with van der Waals surface area (Å²) in [5, 5.41) is 2.24. The number of alkyl halides is 3. The zero-order valence-corrected chi connectivity index (χ0v) is 14.5. The van der Waals surface area contributed by atoms with Crippen LogP contribution in [0.5, 0.6) is 0 Å². The second-order valence-electron chi connectivity index (χ2n) is 5.03. The first-order valence-electron chi connectivity index (χ1n) is 7.20. The van der Waals surface area contributed by atoms with E-state index in [9.17, 15) is 27.6 Å². The highest BCUT2D eigenvalue weighted by Crippen LogP contribution is 2.29. The summed E-state index contributed by atoms with van der Waals surface area (Å²) in [4.78, 5) is 41.4. The lowest BCUT2D eigenvalue weighted by Gasteiger charge is -2.09. The molecule has 0 fully saturated rings. The zero-order chi connectivity index (χ0) is 20.2. The van der Waals surface area contributed by atoms with E-state index in [2.05, 4.69) is 20.0 Å². The minimum absolute atomic E-state index is 0.0374. The van der Waals surface area contributed by atoms with E-state index in [0.29, 0.717) is 0 Å². The fraction of sp³-hybridized carbons (Fsp3) is 0.200. The number of rotatable bonds is 5. The van der Waals surface area contributed by atoms with Gasteiger partial charge < -0.3 is 15.8 Å². The second kappa shape index (κ2) is 8.12. The molecule has 0 unspecified atom stereocenters. The van der Waals surface area contributed by atoms with Gasteiger partial charge in [0.25, 0.3) is 11.5 Å². The van der Waals surface area contributed by atoms with E-state index in [4.69, 9.17) is 5.73 Å². The number of carbonyl (C=O) groups excluding carboxylic acids is 2. The standard InChI is InChI=1S/C15H13F3N4O4S/c1-26-9(23)6-27-14-21-11(19)10(13(25)22-14)20-12(24)7-2-4-8(5-3-7)15(16,17)18/h2-5H,6H2,1H3,(H,20,24)(H3,19,21,22,25). The van der Waals surface area contributed by atoms with Gasteiger partial charge in [-0.3, -0.25) is 19.4 Å². The molecule has 0 spiro atoms. The van der Waals surface area contributed by atoms with Crippen LogP contribution in [-0.2, 0) is 15.7 Å². The number of hydrogen-bond acceptors (Lipinski definition) is 7. The highest BCUT2D eigenvalue weighted by molar-refractivity contribution is 7.99. The molecule has 27 heavy (non-hydrogen) atoms. The maximum Gasteiger partial charge on any atom is 0.416 e. The fourth-order valence-electron chi connectivity index (χ4n) is 1.84. The Kier molecular flexibility index (Phi) is 6.10. The van der Waals surface area contributed by atoms with E-state index >= 15 is 0 Å². The van der Waals surface area contributed by atoms with Gasteiger partial charge in [0.15, 0.2) is 11.0 Å². The third-order valence-electron chi connectivity index (χ3n) is 3.19. The SMILES string of the molecule is COC(=O)CSc1nc(N)c(NC(=O)c2ccc(C(F)(F)F)cc2)c(=O)[nH]1. The first-order chi connectivity index (χ1) is 12.6. The molecule has 0 aliphatic carbocycles. The number of thioether (sulfide) groups is 1. The Morgan fingerprint density at radius 3 is 2.44 bits per heavy atom. The van der Waals surface area contributed by atoms with Crippen molar-refractivity contribution in [3.05, 3.63) is 45.7 Å². The molecule has 0 saturated heterocycles. The summed E-state index contributed by atoms with van der Waals surface area (Å²) < 4.78 is 42.1. The van der Waals surface area contributed by atoms with Crippen molar-refractivity contribution in [3.63, 3.8) is 0 Å². The van der Waals surface area contributed by atoms with E-state index in [-0.39, 0.29) is 28.0 Å². The number of benzene rings is 1. The minimum atomic E-state index is -4.53. The molecular weight excluding hydrogens is 389 g/mol. The molecule has 1 amide bonds. The Hall–Kier alpha value is -3.02. The number of esters is 1. The molecule has 144 valence electrons. The van der Waals surface area contributed by atoms with Crippen LogP contribution in [0, 0.1) is 0 Å². The van der Waals surface area contributed by atoms with Crippen molar-refractivity contribution in [1.82, 2.24) is 9.97 Å². The Morgan fingerprint density at radius 1 is 1.30 bits per heavy atom. The molecule has 0 radical (unpaired) electrons. The summed E-state index contributed by atoms with van der Waals surface area (Å²) in [5.74, 6) is -1.80. The van der Waals surface area contributed by atoms with Crippen LogP contribution < -0.4 is 16.6 Å². The number of carbonyl (C=O) groups is 2. The normalized spacial score (nSPS) is 11.1. The molecule has 1 heterocycles. The second-order valence-corrected chi connectivity index (χ2v) is 5.99. The lowest BCUT2D eigenvalue weighted by molar-refractivity contribution is -0.138. The molecule has 0 saturated carbocycles. The number of amides is 1. The van der Waals surface area contributed by atoms with Crippen molar-refractivity contribution in [2.75, 3.05) is 23.9 Å². The number of nitrogens with one attached hydrogen (secondary N) is 2. The lowest BCUT2D eigenvalue weighted by atomic mass is 10.1. The van der Waals surface area contributed by atoms with Crippen molar-refractivity contribution in [2.45, 2.75) is 11.3 Å². The highest BCUT2D eigenvalue weighted by atomic mass is 32.2. The smallest absolute Gasteiger partial charge is 0.416 e. The summed E-state index contributed by atoms with van der Waals surface area (Å²) in [5.41, 5.74) is 3.49. The Morgan fingerprint density at radius 2 is 1.93 bits per heavy atom. The third kappa shape index (κ3) is 5.23. The number of H-pyrrole nitrogens is 1. The molecule has 4 N–H and O–H groups in total. The van der Waals surface area contributed by atoms with Crippen LogP contribution in [0.3, 0.4) is 0 Å². The zero-order valence-electron chi connectivity index (χ0n) is 13.7. The van der Waals surface area contributed by atoms with Gasteiger partial charge in [0.2, 0.25) is 0 Å². The van der Waals surface area contributed by atoms with Crippen LogP contribution in [-0.4, -0.2) is 34.7 Å². The Bertz CT molecular complexity index is 913. The van der Waals surface area contributed by atoms with E-state index < -0.39 is 29.2 Å². The maximum atomic E-state index is 12.5. The van der Waals surface area contributed by atoms with E-state index in [1.165, 1.54) is 7.11 Å². The molecule has 0 bridgehead atoms. The molecule has 1 aromatic heterocycles. The number of nitrogens with zero attached hydrogens (tertiary/aromatic N) is 1. The molecule has 0 atom stereocenters. The molecule has 12 heteroatoms.